The Bertz CT molecular complexity index is 803. The number of nitriles is 1. The maximum atomic E-state index is 11.8. The second-order valence-corrected chi connectivity index (χ2v) is 5.06. The summed E-state index contributed by atoms with van der Waals surface area (Å²) in [6.45, 7) is -0.540. The average molecular weight is 350 g/mol. The van der Waals surface area contributed by atoms with Crippen molar-refractivity contribution in [1.29, 1.82) is 5.26 Å². The van der Waals surface area contributed by atoms with Crippen LogP contribution >= 0.6 is 23.2 Å². The van der Waals surface area contributed by atoms with Crippen LogP contribution in [0, 0.1) is 11.3 Å². The van der Waals surface area contributed by atoms with Gasteiger partial charge in [-0.05, 0) is 30.3 Å². The number of carbonyl (C=O) groups excluding carboxylic acids is 2. The van der Waals surface area contributed by atoms with Crippen LogP contribution in [-0.2, 0) is 9.53 Å². The van der Waals surface area contributed by atoms with Crippen molar-refractivity contribution in [3.63, 3.8) is 0 Å². The third-order valence-electron chi connectivity index (χ3n) is 2.69. The highest BCUT2D eigenvalue weighted by Gasteiger charge is 2.15. The maximum Gasteiger partial charge on any atom is 0.341 e. The molecule has 0 radical (unpaired) electrons. The van der Waals surface area contributed by atoms with Gasteiger partial charge in [-0.15, -0.1) is 0 Å². The Balaban J connectivity index is 1.99. The summed E-state index contributed by atoms with van der Waals surface area (Å²) < 4.78 is 4.86. The highest BCUT2D eigenvalue weighted by Crippen LogP contribution is 2.20. The third kappa shape index (κ3) is 4.42. The fraction of sp³-hybridized carbons (Fsp3) is 0.0667. The lowest BCUT2D eigenvalue weighted by Crippen LogP contribution is -2.21. The average Bonchev–Trinajstić information content (AvgIpc) is 2.53. The van der Waals surface area contributed by atoms with E-state index in [0.29, 0.717) is 5.02 Å². The number of halogens is 2. The van der Waals surface area contributed by atoms with Crippen LogP contribution in [0.15, 0.2) is 36.5 Å². The summed E-state index contributed by atoms with van der Waals surface area (Å²) in [5.41, 5.74) is 0.535. The van der Waals surface area contributed by atoms with Gasteiger partial charge >= 0.3 is 5.97 Å². The van der Waals surface area contributed by atoms with Gasteiger partial charge in [0.25, 0.3) is 5.91 Å². The van der Waals surface area contributed by atoms with Crippen LogP contribution in [0.2, 0.25) is 10.2 Å². The van der Waals surface area contributed by atoms with Gasteiger partial charge in [0, 0.05) is 11.2 Å². The van der Waals surface area contributed by atoms with Gasteiger partial charge in [-0.25, -0.2) is 9.78 Å². The van der Waals surface area contributed by atoms with E-state index < -0.39 is 18.5 Å². The Morgan fingerprint density at radius 2 is 2.09 bits per heavy atom. The highest BCUT2D eigenvalue weighted by molar-refractivity contribution is 6.32. The van der Waals surface area contributed by atoms with E-state index >= 15 is 0 Å². The Kier molecular flexibility index (Phi) is 5.52. The van der Waals surface area contributed by atoms with Crippen LogP contribution in [0.3, 0.4) is 0 Å². The minimum absolute atomic E-state index is 0.0143. The van der Waals surface area contributed by atoms with Crippen molar-refractivity contribution in [2.24, 2.45) is 0 Å². The van der Waals surface area contributed by atoms with Crippen LogP contribution in [0.4, 0.5) is 5.69 Å². The van der Waals surface area contributed by atoms with Crippen molar-refractivity contribution in [2.75, 3.05) is 11.9 Å². The van der Waals surface area contributed by atoms with E-state index in [2.05, 4.69) is 10.3 Å². The lowest BCUT2D eigenvalue weighted by Gasteiger charge is -2.08. The van der Waals surface area contributed by atoms with Crippen LogP contribution in [-0.4, -0.2) is 23.5 Å². The molecule has 0 saturated carbocycles. The SMILES string of the molecule is N#Cc1ccc(Cl)cc1NC(=O)COC(=O)c1cccnc1Cl. The van der Waals surface area contributed by atoms with Crippen molar-refractivity contribution in [1.82, 2.24) is 4.98 Å². The predicted octanol–water partition coefficient (Wildman–Crippen LogP) is 3.06. The second-order valence-electron chi connectivity index (χ2n) is 4.27. The number of hydrogen-bond donors (Lipinski definition) is 1. The topological polar surface area (TPSA) is 92.1 Å². The van der Waals surface area contributed by atoms with Gasteiger partial charge in [-0.3, -0.25) is 4.79 Å². The minimum Gasteiger partial charge on any atom is -0.452 e. The molecule has 1 aromatic carbocycles. The smallest absolute Gasteiger partial charge is 0.341 e. The molecular weight excluding hydrogens is 341 g/mol. The first-order valence-corrected chi connectivity index (χ1v) is 7.04. The van der Waals surface area contributed by atoms with Gasteiger partial charge in [-0.2, -0.15) is 5.26 Å². The van der Waals surface area contributed by atoms with Crippen molar-refractivity contribution < 1.29 is 14.3 Å². The molecule has 116 valence electrons. The number of rotatable bonds is 4. The molecule has 8 heteroatoms. The Morgan fingerprint density at radius 1 is 1.30 bits per heavy atom. The van der Waals surface area contributed by atoms with Gasteiger partial charge in [0.1, 0.15) is 11.2 Å². The zero-order valence-corrected chi connectivity index (χ0v) is 13.1. The maximum absolute atomic E-state index is 11.8. The molecule has 0 spiro atoms. The molecular formula is C15H9Cl2N3O3. The number of nitrogens with zero attached hydrogens (tertiary/aromatic N) is 2. The van der Waals surface area contributed by atoms with Crippen LogP contribution in [0.25, 0.3) is 0 Å². The van der Waals surface area contributed by atoms with E-state index in [9.17, 15) is 9.59 Å². The summed E-state index contributed by atoms with van der Waals surface area (Å²) in [6, 6.07) is 9.30. The first-order chi connectivity index (χ1) is 11.0. The number of esters is 1. The largest absolute Gasteiger partial charge is 0.452 e. The number of benzene rings is 1. The molecule has 0 unspecified atom stereocenters. The standard InChI is InChI=1S/C15H9Cl2N3O3/c16-10-4-3-9(7-18)12(6-10)20-13(21)8-23-15(22)11-2-1-5-19-14(11)17/h1-6H,8H2,(H,20,21). The van der Waals surface area contributed by atoms with Crippen LogP contribution < -0.4 is 5.32 Å². The molecule has 0 atom stereocenters. The number of amides is 1. The molecule has 0 bridgehead atoms. The zero-order valence-electron chi connectivity index (χ0n) is 11.5. The molecule has 1 aromatic heterocycles. The lowest BCUT2D eigenvalue weighted by molar-refractivity contribution is -0.119. The summed E-state index contributed by atoms with van der Waals surface area (Å²) in [7, 11) is 0. The number of carbonyl (C=O) groups is 2. The van der Waals surface area contributed by atoms with Gasteiger partial charge < -0.3 is 10.1 Å². The first-order valence-electron chi connectivity index (χ1n) is 6.28. The molecule has 2 rings (SSSR count). The van der Waals surface area contributed by atoms with Crippen molar-refractivity contribution in [3.8, 4) is 6.07 Å². The fourth-order valence-electron chi connectivity index (χ4n) is 1.65. The second kappa shape index (κ2) is 7.58. The Hall–Kier alpha value is -2.62. The van der Waals surface area contributed by atoms with Crippen molar-refractivity contribution in [2.45, 2.75) is 0 Å². The normalized spacial score (nSPS) is 9.78. The number of ether oxygens (including phenoxy) is 1. The molecule has 1 amide bonds. The number of hydrogen-bond acceptors (Lipinski definition) is 5. The molecule has 2 aromatic rings. The van der Waals surface area contributed by atoms with E-state index in [4.69, 9.17) is 33.2 Å². The molecule has 6 nitrogen and oxygen atoms in total. The van der Waals surface area contributed by atoms with Gasteiger partial charge in [-0.1, -0.05) is 23.2 Å². The summed E-state index contributed by atoms with van der Waals surface area (Å²) in [6.07, 6.45) is 1.42. The zero-order chi connectivity index (χ0) is 16.8. The van der Waals surface area contributed by atoms with Crippen molar-refractivity contribution >= 4 is 40.8 Å². The van der Waals surface area contributed by atoms with E-state index in [-0.39, 0.29) is 22.0 Å². The predicted molar refractivity (Wildman–Crippen MR) is 84.3 cm³/mol. The summed E-state index contributed by atoms with van der Waals surface area (Å²) in [4.78, 5) is 27.4. The molecule has 0 saturated heterocycles. The number of anilines is 1. The monoisotopic (exact) mass is 349 g/mol. The summed E-state index contributed by atoms with van der Waals surface area (Å²) >= 11 is 11.6. The third-order valence-corrected chi connectivity index (χ3v) is 3.23. The molecule has 1 N–H and O–H groups in total. The van der Waals surface area contributed by atoms with Crippen LogP contribution in [0.1, 0.15) is 15.9 Å². The van der Waals surface area contributed by atoms with E-state index in [1.165, 1.54) is 36.5 Å². The van der Waals surface area contributed by atoms with E-state index in [1.807, 2.05) is 6.07 Å². The number of aromatic nitrogens is 1. The molecule has 0 aliphatic heterocycles. The minimum atomic E-state index is -0.773. The van der Waals surface area contributed by atoms with E-state index in [0.717, 1.165) is 0 Å². The van der Waals surface area contributed by atoms with Gasteiger partial charge in [0.05, 0.1) is 16.8 Å². The molecule has 0 fully saturated rings. The molecule has 0 aliphatic carbocycles. The molecule has 0 aliphatic rings. The van der Waals surface area contributed by atoms with Crippen molar-refractivity contribution in [3.05, 3.63) is 57.8 Å². The van der Waals surface area contributed by atoms with Gasteiger partial charge in [0.2, 0.25) is 0 Å². The van der Waals surface area contributed by atoms with Gasteiger partial charge in [0.15, 0.2) is 6.61 Å². The highest BCUT2D eigenvalue weighted by atomic mass is 35.5. The number of nitrogens with one attached hydrogen (secondary N) is 1. The fourth-order valence-corrected chi connectivity index (χ4v) is 2.02. The molecule has 23 heavy (non-hydrogen) atoms. The van der Waals surface area contributed by atoms with Crippen LogP contribution in [0.5, 0.6) is 0 Å². The summed E-state index contributed by atoms with van der Waals surface area (Å²) in [5, 5.41) is 11.8. The Morgan fingerprint density at radius 3 is 2.78 bits per heavy atom. The quantitative estimate of drug-likeness (QED) is 0.676. The van der Waals surface area contributed by atoms with E-state index in [1.54, 1.807) is 0 Å². The number of pyridine rings is 1. The summed E-state index contributed by atoms with van der Waals surface area (Å²) in [5.74, 6) is -1.39. The molecule has 1 heterocycles. The Labute approximate surface area is 141 Å². The lowest BCUT2D eigenvalue weighted by atomic mass is 10.2. The first kappa shape index (κ1) is 16.7.